The highest BCUT2D eigenvalue weighted by molar-refractivity contribution is 5.98. The molecule has 0 amide bonds. The zero-order valence-electron chi connectivity index (χ0n) is 35.9. The monoisotopic (exact) mass is 827 g/mol. The SMILES string of the molecule is c1ccc(-c2cccc(-c3ccc(N(c4ccc(-c5cc(-c6ccccc6)cc(-c6ccccc6)c5)cc4)c4ccccc4-c4cccc(-c5cccc6ccccc56)c4)cc3)c2)cc1. The van der Waals surface area contributed by atoms with Gasteiger partial charge in [0.1, 0.15) is 0 Å². The van der Waals surface area contributed by atoms with Crippen molar-refractivity contribution in [2.45, 2.75) is 0 Å². The van der Waals surface area contributed by atoms with Crippen molar-refractivity contribution in [3.05, 3.63) is 273 Å². The van der Waals surface area contributed by atoms with Crippen LogP contribution in [0.15, 0.2) is 273 Å². The third-order valence-electron chi connectivity index (χ3n) is 12.5. The minimum atomic E-state index is 1.08. The van der Waals surface area contributed by atoms with Gasteiger partial charge in [-0.2, -0.15) is 0 Å². The van der Waals surface area contributed by atoms with E-state index >= 15 is 0 Å². The van der Waals surface area contributed by atoms with Crippen molar-refractivity contribution in [3.8, 4) is 77.9 Å². The van der Waals surface area contributed by atoms with E-state index in [4.69, 9.17) is 0 Å². The highest BCUT2D eigenvalue weighted by Gasteiger charge is 2.19. The molecule has 0 aromatic heterocycles. The molecule has 306 valence electrons. The lowest BCUT2D eigenvalue weighted by molar-refractivity contribution is 1.28. The maximum Gasteiger partial charge on any atom is 0.0540 e. The van der Waals surface area contributed by atoms with Crippen LogP contribution in [0.5, 0.6) is 0 Å². The zero-order chi connectivity index (χ0) is 43.4. The molecular formula is C64H45N. The lowest BCUT2D eigenvalue weighted by Crippen LogP contribution is -2.11. The molecule has 0 saturated heterocycles. The van der Waals surface area contributed by atoms with Crippen molar-refractivity contribution in [2.24, 2.45) is 0 Å². The van der Waals surface area contributed by atoms with Crippen LogP contribution in [0.2, 0.25) is 0 Å². The van der Waals surface area contributed by atoms with Gasteiger partial charge in [0.25, 0.3) is 0 Å². The van der Waals surface area contributed by atoms with Crippen molar-refractivity contribution in [2.75, 3.05) is 4.90 Å². The van der Waals surface area contributed by atoms with Gasteiger partial charge in [-0.3, -0.25) is 0 Å². The molecule has 1 nitrogen and oxygen atoms in total. The van der Waals surface area contributed by atoms with Crippen LogP contribution in [-0.2, 0) is 0 Å². The summed E-state index contributed by atoms with van der Waals surface area (Å²) in [5, 5.41) is 2.49. The van der Waals surface area contributed by atoms with Crippen LogP contribution >= 0.6 is 0 Å². The summed E-state index contributed by atoms with van der Waals surface area (Å²) in [6.07, 6.45) is 0. The normalized spacial score (nSPS) is 11.1. The molecule has 0 spiro atoms. The summed E-state index contributed by atoms with van der Waals surface area (Å²) in [4.78, 5) is 2.41. The quantitative estimate of drug-likeness (QED) is 0.133. The first-order valence-electron chi connectivity index (χ1n) is 22.3. The molecule has 0 saturated carbocycles. The van der Waals surface area contributed by atoms with Gasteiger partial charge in [-0.25, -0.2) is 0 Å². The Morgan fingerprint density at radius 3 is 1.11 bits per heavy atom. The van der Waals surface area contributed by atoms with E-state index in [1.165, 1.54) is 72.0 Å². The number of fused-ring (bicyclic) bond motifs is 1. The summed E-state index contributed by atoms with van der Waals surface area (Å²) >= 11 is 0. The summed E-state index contributed by atoms with van der Waals surface area (Å²) in [5.74, 6) is 0. The van der Waals surface area contributed by atoms with Crippen LogP contribution < -0.4 is 4.90 Å². The number of nitrogens with zero attached hydrogens (tertiary/aromatic N) is 1. The summed E-state index contributed by atoms with van der Waals surface area (Å²) in [5.41, 5.74) is 19.9. The molecule has 0 bridgehead atoms. The average Bonchev–Trinajstić information content (AvgIpc) is 3.40. The van der Waals surface area contributed by atoms with Crippen molar-refractivity contribution < 1.29 is 0 Å². The molecule has 65 heavy (non-hydrogen) atoms. The van der Waals surface area contributed by atoms with Crippen molar-refractivity contribution in [3.63, 3.8) is 0 Å². The number of hydrogen-bond donors (Lipinski definition) is 0. The Morgan fingerprint density at radius 2 is 0.538 bits per heavy atom. The summed E-state index contributed by atoms with van der Waals surface area (Å²) in [6.45, 7) is 0. The van der Waals surface area contributed by atoms with E-state index in [0.29, 0.717) is 0 Å². The van der Waals surface area contributed by atoms with E-state index in [1.54, 1.807) is 0 Å². The van der Waals surface area contributed by atoms with Gasteiger partial charge in [0.2, 0.25) is 0 Å². The maximum absolute atomic E-state index is 2.41. The average molecular weight is 828 g/mol. The largest absolute Gasteiger partial charge is 0.310 e. The van der Waals surface area contributed by atoms with E-state index < -0.39 is 0 Å². The number of para-hydroxylation sites is 1. The van der Waals surface area contributed by atoms with Crippen molar-refractivity contribution in [1.29, 1.82) is 0 Å². The summed E-state index contributed by atoms with van der Waals surface area (Å²) < 4.78 is 0. The van der Waals surface area contributed by atoms with Crippen LogP contribution in [0.1, 0.15) is 0 Å². The van der Waals surface area contributed by atoms with Gasteiger partial charge in [0.15, 0.2) is 0 Å². The second kappa shape index (κ2) is 17.7. The fourth-order valence-electron chi connectivity index (χ4n) is 9.18. The minimum Gasteiger partial charge on any atom is -0.310 e. The highest BCUT2D eigenvalue weighted by Crippen LogP contribution is 2.43. The third-order valence-corrected chi connectivity index (χ3v) is 12.5. The summed E-state index contributed by atoms with van der Waals surface area (Å²) in [6, 6.07) is 98.9. The van der Waals surface area contributed by atoms with Gasteiger partial charge in [-0.1, -0.05) is 212 Å². The van der Waals surface area contributed by atoms with E-state index in [-0.39, 0.29) is 0 Å². The van der Waals surface area contributed by atoms with Gasteiger partial charge in [-0.15, -0.1) is 0 Å². The van der Waals surface area contributed by atoms with Crippen molar-refractivity contribution in [1.82, 2.24) is 0 Å². The Balaban J connectivity index is 1.02. The topological polar surface area (TPSA) is 3.24 Å². The number of rotatable bonds is 10. The van der Waals surface area contributed by atoms with E-state index in [0.717, 1.165) is 33.8 Å². The van der Waals surface area contributed by atoms with Crippen LogP contribution in [0.4, 0.5) is 17.1 Å². The summed E-state index contributed by atoms with van der Waals surface area (Å²) in [7, 11) is 0. The number of hydrogen-bond acceptors (Lipinski definition) is 1. The third kappa shape index (κ3) is 8.16. The molecule has 0 aliphatic rings. The fourth-order valence-corrected chi connectivity index (χ4v) is 9.18. The first-order valence-corrected chi connectivity index (χ1v) is 22.3. The van der Waals surface area contributed by atoms with Gasteiger partial charge >= 0.3 is 0 Å². The lowest BCUT2D eigenvalue weighted by atomic mass is 9.93. The first kappa shape index (κ1) is 39.3. The molecule has 0 heterocycles. The van der Waals surface area contributed by atoms with E-state index in [1.807, 2.05) is 0 Å². The molecule has 0 unspecified atom stereocenters. The molecule has 11 rings (SSSR count). The van der Waals surface area contributed by atoms with Crippen LogP contribution in [0.3, 0.4) is 0 Å². The van der Waals surface area contributed by atoms with Gasteiger partial charge in [0.05, 0.1) is 5.69 Å². The molecule has 0 aliphatic heterocycles. The molecule has 0 N–H and O–H groups in total. The van der Waals surface area contributed by atoms with Crippen LogP contribution in [0.25, 0.3) is 88.7 Å². The smallest absolute Gasteiger partial charge is 0.0540 e. The van der Waals surface area contributed by atoms with Gasteiger partial charge in [0, 0.05) is 16.9 Å². The zero-order valence-corrected chi connectivity index (χ0v) is 35.9. The maximum atomic E-state index is 2.41. The molecule has 0 atom stereocenters. The molecule has 0 aliphatic carbocycles. The van der Waals surface area contributed by atoms with E-state index in [2.05, 4.69) is 278 Å². The van der Waals surface area contributed by atoms with Crippen LogP contribution in [0, 0.1) is 0 Å². The molecule has 11 aromatic rings. The van der Waals surface area contributed by atoms with Crippen LogP contribution in [-0.4, -0.2) is 0 Å². The van der Waals surface area contributed by atoms with Gasteiger partial charge < -0.3 is 4.90 Å². The molecule has 0 fully saturated rings. The second-order valence-electron chi connectivity index (χ2n) is 16.5. The number of anilines is 3. The Labute approximate surface area is 381 Å². The Morgan fingerprint density at radius 1 is 0.200 bits per heavy atom. The Bertz CT molecular complexity index is 3330. The molecule has 1 heteroatoms. The highest BCUT2D eigenvalue weighted by atomic mass is 15.1. The second-order valence-corrected chi connectivity index (χ2v) is 16.5. The Hall–Kier alpha value is -8.52. The first-order chi connectivity index (χ1) is 32.2. The minimum absolute atomic E-state index is 1.08. The Kier molecular flexibility index (Phi) is 10.7. The molecule has 11 aromatic carbocycles. The standard InChI is InChI=1S/C64H45N/c1-4-17-46(18-5-1)52-25-14-26-53(41-52)49-33-37-59(38-34-49)65(64-32-13-12-30-63(64)55-28-15-27-54(42-55)62-31-16-24-51-23-10-11-29-61(51)62)60-39-35-50(36-40-60)58-44-56(47-19-6-2-7-20-47)43-57(45-58)48-21-8-3-9-22-48/h1-45H. The number of benzene rings is 11. The lowest BCUT2D eigenvalue weighted by Gasteiger charge is -2.28. The molecule has 0 radical (unpaired) electrons. The molecular weight excluding hydrogens is 783 g/mol. The predicted molar refractivity (Wildman–Crippen MR) is 277 cm³/mol. The fraction of sp³-hybridized carbons (Fsp3) is 0. The van der Waals surface area contributed by atoms with E-state index in [9.17, 15) is 0 Å². The van der Waals surface area contributed by atoms with Gasteiger partial charge in [-0.05, 0) is 144 Å². The van der Waals surface area contributed by atoms with Crippen molar-refractivity contribution >= 4 is 27.8 Å². The predicted octanol–water partition coefficient (Wildman–Crippen LogP) is 18.0.